The highest BCUT2D eigenvalue weighted by Crippen LogP contribution is 2.11. The molecule has 0 saturated carbocycles. The van der Waals surface area contributed by atoms with E-state index in [-0.39, 0.29) is 0 Å². The van der Waals surface area contributed by atoms with Crippen LogP contribution in [-0.4, -0.2) is 13.1 Å². The molecule has 2 rings (SSSR count). The van der Waals surface area contributed by atoms with Gasteiger partial charge in [0.25, 0.3) is 0 Å². The summed E-state index contributed by atoms with van der Waals surface area (Å²) in [6.45, 7) is 10.2. The number of nitrogens with one attached hydrogen (secondary N) is 1. The van der Waals surface area contributed by atoms with Gasteiger partial charge in [-0.2, -0.15) is 0 Å². The molecule has 0 unspecified atom stereocenters. The van der Waals surface area contributed by atoms with Crippen LogP contribution >= 0.6 is 0 Å². The SMILES string of the molecule is C[C@@H](NCc1ccc([Si](C)(C)C)cc1)c1cccnc1. The summed E-state index contributed by atoms with van der Waals surface area (Å²) in [5.41, 5.74) is 2.56. The molecule has 0 fully saturated rings. The third-order valence-corrected chi connectivity index (χ3v) is 5.68. The molecular weight excluding hydrogens is 260 g/mol. The van der Waals surface area contributed by atoms with Crippen molar-refractivity contribution >= 4 is 13.3 Å². The Morgan fingerprint density at radius 1 is 1.10 bits per heavy atom. The molecule has 3 heteroatoms. The van der Waals surface area contributed by atoms with Crippen molar-refractivity contribution in [2.75, 3.05) is 0 Å². The molecule has 1 aromatic heterocycles. The Kier molecular flexibility index (Phi) is 4.73. The molecule has 0 amide bonds. The van der Waals surface area contributed by atoms with Crippen molar-refractivity contribution in [1.29, 1.82) is 0 Å². The summed E-state index contributed by atoms with van der Waals surface area (Å²) in [5, 5.41) is 5.06. The van der Waals surface area contributed by atoms with Crippen molar-refractivity contribution in [3.8, 4) is 0 Å². The second-order valence-electron chi connectivity index (χ2n) is 6.34. The van der Waals surface area contributed by atoms with E-state index in [0.29, 0.717) is 6.04 Å². The molecule has 2 aromatic rings. The van der Waals surface area contributed by atoms with E-state index in [4.69, 9.17) is 0 Å². The topological polar surface area (TPSA) is 24.9 Å². The van der Waals surface area contributed by atoms with Crippen molar-refractivity contribution in [2.24, 2.45) is 0 Å². The van der Waals surface area contributed by atoms with Crippen LogP contribution in [-0.2, 0) is 6.54 Å². The third-order valence-electron chi connectivity index (χ3n) is 3.62. The number of benzene rings is 1. The maximum Gasteiger partial charge on any atom is 0.0775 e. The predicted octanol–water partition coefficient (Wildman–Crippen LogP) is 3.48. The van der Waals surface area contributed by atoms with E-state index in [1.807, 2.05) is 18.5 Å². The summed E-state index contributed by atoms with van der Waals surface area (Å²) in [7, 11) is -1.18. The maximum atomic E-state index is 4.16. The zero-order valence-corrected chi connectivity index (χ0v) is 13.9. The summed E-state index contributed by atoms with van der Waals surface area (Å²) in [6.07, 6.45) is 3.73. The normalized spacial score (nSPS) is 13.2. The highest BCUT2D eigenvalue weighted by atomic mass is 28.3. The van der Waals surface area contributed by atoms with Gasteiger partial charge in [0.2, 0.25) is 0 Å². The van der Waals surface area contributed by atoms with E-state index >= 15 is 0 Å². The predicted molar refractivity (Wildman–Crippen MR) is 88.9 cm³/mol. The molecule has 2 nitrogen and oxygen atoms in total. The molecule has 20 heavy (non-hydrogen) atoms. The van der Waals surface area contributed by atoms with E-state index in [1.165, 1.54) is 16.3 Å². The van der Waals surface area contributed by atoms with Gasteiger partial charge in [-0.25, -0.2) is 0 Å². The van der Waals surface area contributed by atoms with Crippen molar-refractivity contribution in [1.82, 2.24) is 10.3 Å². The van der Waals surface area contributed by atoms with Crippen LogP contribution < -0.4 is 10.5 Å². The Hall–Kier alpha value is -1.45. The molecule has 0 radical (unpaired) electrons. The van der Waals surface area contributed by atoms with E-state index in [0.717, 1.165) is 6.54 Å². The zero-order valence-electron chi connectivity index (χ0n) is 12.9. The molecule has 0 aliphatic heterocycles. The average Bonchev–Trinajstić information content (AvgIpc) is 2.45. The van der Waals surface area contributed by atoms with Crippen LogP contribution in [0.15, 0.2) is 48.8 Å². The summed E-state index contributed by atoms with van der Waals surface area (Å²) >= 11 is 0. The number of nitrogens with zero attached hydrogens (tertiary/aromatic N) is 1. The monoisotopic (exact) mass is 284 g/mol. The highest BCUT2D eigenvalue weighted by Gasteiger charge is 2.15. The molecule has 0 aliphatic carbocycles. The molecule has 1 aromatic carbocycles. The van der Waals surface area contributed by atoms with Gasteiger partial charge >= 0.3 is 0 Å². The minimum Gasteiger partial charge on any atom is -0.306 e. The first kappa shape index (κ1) is 14.9. The van der Waals surface area contributed by atoms with Crippen molar-refractivity contribution < 1.29 is 0 Å². The first-order valence-corrected chi connectivity index (χ1v) is 10.7. The van der Waals surface area contributed by atoms with Gasteiger partial charge in [-0.3, -0.25) is 4.98 Å². The lowest BCUT2D eigenvalue weighted by Gasteiger charge is -2.18. The smallest absolute Gasteiger partial charge is 0.0775 e. The molecule has 0 saturated heterocycles. The summed E-state index contributed by atoms with van der Waals surface area (Å²) in [4.78, 5) is 4.16. The largest absolute Gasteiger partial charge is 0.306 e. The Morgan fingerprint density at radius 2 is 1.80 bits per heavy atom. The molecule has 1 heterocycles. The maximum absolute atomic E-state index is 4.16. The third kappa shape index (κ3) is 4.02. The van der Waals surface area contributed by atoms with Crippen molar-refractivity contribution in [3.63, 3.8) is 0 Å². The molecule has 1 atom stereocenters. The Balaban J connectivity index is 1.94. The van der Waals surface area contributed by atoms with Crippen LogP contribution in [0.5, 0.6) is 0 Å². The molecule has 0 bridgehead atoms. The fraction of sp³-hybridized carbons (Fsp3) is 0.353. The van der Waals surface area contributed by atoms with Gasteiger partial charge in [-0.05, 0) is 24.1 Å². The molecule has 0 spiro atoms. The molecule has 0 aliphatic rings. The van der Waals surface area contributed by atoms with Gasteiger partial charge in [0.05, 0.1) is 8.07 Å². The highest BCUT2D eigenvalue weighted by molar-refractivity contribution is 6.88. The first-order valence-electron chi connectivity index (χ1n) is 7.19. The summed E-state index contributed by atoms with van der Waals surface area (Å²) in [5.74, 6) is 0. The fourth-order valence-corrected chi connectivity index (χ4v) is 3.31. The quantitative estimate of drug-likeness (QED) is 0.850. The minimum atomic E-state index is -1.18. The number of aromatic nitrogens is 1. The Morgan fingerprint density at radius 3 is 2.35 bits per heavy atom. The summed E-state index contributed by atoms with van der Waals surface area (Å²) in [6, 6.07) is 13.5. The Bertz CT molecular complexity index is 529. The lowest BCUT2D eigenvalue weighted by Crippen LogP contribution is -2.37. The average molecular weight is 284 g/mol. The van der Waals surface area contributed by atoms with Crippen LogP contribution in [0.4, 0.5) is 0 Å². The molecular formula is C17H24N2Si. The van der Waals surface area contributed by atoms with Gasteiger partial charge in [-0.1, -0.05) is 55.2 Å². The van der Waals surface area contributed by atoms with E-state index in [2.05, 4.69) is 67.2 Å². The van der Waals surface area contributed by atoms with Crippen LogP contribution in [0.1, 0.15) is 24.1 Å². The number of hydrogen-bond acceptors (Lipinski definition) is 2. The minimum absolute atomic E-state index is 0.320. The van der Waals surface area contributed by atoms with Gasteiger partial charge in [0, 0.05) is 25.0 Å². The molecule has 106 valence electrons. The van der Waals surface area contributed by atoms with Crippen LogP contribution in [0.3, 0.4) is 0 Å². The van der Waals surface area contributed by atoms with Crippen molar-refractivity contribution in [3.05, 3.63) is 59.9 Å². The number of hydrogen-bond donors (Lipinski definition) is 1. The Labute approximate surface area is 123 Å². The van der Waals surface area contributed by atoms with Gasteiger partial charge in [0.15, 0.2) is 0 Å². The lowest BCUT2D eigenvalue weighted by atomic mass is 10.1. The lowest BCUT2D eigenvalue weighted by molar-refractivity contribution is 0.573. The van der Waals surface area contributed by atoms with E-state index in [1.54, 1.807) is 0 Å². The van der Waals surface area contributed by atoms with Gasteiger partial charge in [0.1, 0.15) is 0 Å². The second-order valence-corrected chi connectivity index (χ2v) is 11.4. The van der Waals surface area contributed by atoms with Crippen molar-refractivity contribution in [2.45, 2.75) is 39.2 Å². The second kappa shape index (κ2) is 6.33. The zero-order chi connectivity index (χ0) is 14.6. The van der Waals surface area contributed by atoms with Crippen LogP contribution in [0.25, 0.3) is 0 Å². The standard InChI is InChI=1S/C17H24N2Si/c1-14(16-6-5-11-18-13-16)19-12-15-7-9-17(10-8-15)20(2,3)4/h5-11,13-14,19H,12H2,1-4H3/t14-/m1/s1. The number of rotatable bonds is 5. The van der Waals surface area contributed by atoms with Crippen LogP contribution in [0.2, 0.25) is 19.6 Å². The summed E-state index contributed by atoms with van der Waals surface area (Å²) < 4.78 is 0. The van der Waals surface area contributed by atoms with Gasteiger partial charge < -0.3 is 5.32 Å². The van der Waals surface area contributed by atoms with E-state index in [9.17, 15) is 0 Å². The number of pyridine rings is 1. The van der Waals surface area contributed by atoms with E-state index < -0.39 is 8.07 Å². The fourth-order valence-electron chi connectivity index (χ4n) is 2.14. The van der Waals surface area contributed by atoms with Gasteiger partial charge in [-0.15, -0.1) is 0 Å². The first-order chi connectivity index (χ1) is 9.47. The molecule has 1 N–H and O–H groups in total. The van der Waals surface area contributed by atoms with Crippen LogP contribution in [0, 0.1) is 0 Å².